The van der Waals surface area contributed by atoms with Gasteiger partial charge >= 0.3 is 0 Å². The van der Waals surface area contributed by atoms with E-state index in [9.17, 15) is 9.18 Å². The first-order valence-electron chi connectivity index (χ1n) is 9.07. The predicted octanol–water partition coefficient (Wildman–Crippen LogP) is 2.38. The lowest BCUT2D eigenvalue weighted by molar-refractivity contribution is -0.139. The number of hydrogen-bond acceptors (Lipinski definition) is 3. The van der Waals surface area contributed by atoms with E-state index in [1.807, 2.05) is 17.0 Å². The minimum absolute atomic E-state index is 0.0530. The molecular formula is C19H28FN3O. The molecule has 2 aliphatic rings. The molecule has 3 atom stereocenters. The monoisotopic (exact) mass is 333 g/mol. The molecule has 0 spiro atoms. The third-order valence-electron chi connectivity index (χ3n) is 5.48. The molecule has 0 aromatic heterocycles. The number of nitrogens with zero attached hydrogens (tertiary/aromatic N) is 2. The van der Waals surface area contributed by atoms with Crippen molar-refractivity contribution in [3.8, 4) is 0 Å². The Morgan fingerprint density at radius 1 is 1.29 bits per heavy atom. The lowest BCUT2D eigenvalue weighted by atomic mass is 9.99. The van der Waals surface area contributed by atoms with E-state index in [4.69, 9.17) is 5.73 Å². The molecule has 24 heavy (non-hydrogen) atoms. The van der Waals surface area contributed by atoms with Crippen LogP contribution in [0.1, 0.15) is 38.2 Å². The fourth-order valence-corrected chi connectivity index (χ4v) is 4.10. The van der Waals surface area contributed by atoms with Crippen LogP contribution in [0.4, 0.5) is 4.39 Å². The van der Waals surface area contributed by atoms with Crippen LogP contribution in [0, 0.1) is 11.7 Å². The number of rotatable bonds is 4. The number of nitrogens with two attached hydrogens (primary N) is 1. The minimum atomic E-state index is -0.219. The smallest absolute Gasteiger partial charge is 0.240 e. The largest absolute Gasteiger partial charge is 0.338 e. The van der Waals surface area contributed by atoms with Crippen LogP contribution >= 0.6 is 0 Å². The summed E-state index contributed by atoms with van der Waals surface area (Å²) in [5.74, 6) is 0.460. The Kier molecular flexibility index (Phi) is 5.51. The van der Waals surface area contributed by atoms with Crippen molar-refractivity contribution in [2.75, 3.05) is 19.6 Å². The summed E-state index contributed by atoms with van der Waals surface area (Å²) in [5, 5.41) is 0. The fraction of sp³-hybridized carbons (Fsp3) is 0.632. The van der Waals surface area contributed by atoms with E-state index in [-0.39, 0.29) is 23.8 Å². The van der Waals surface area contributed by atoms with Crippen LogP contribution in [0.15, 0.2) is 24.3 Å². The van der Waals surface area contributed by atoms with Crippen LogP contribution < -0.4 is 5.73 Å². The Labute approximate surface area is 143 Å². The van der Waals surface area contributed by atoms with Gasteiger partial charge in [0.15, 0.2) is 0 Å². The summed E-state index contributed by atoms with van der Waals surface area (Å²) in [6.45, 7) is 5.20. The van der Waals surface area contributed by atoms with Gasteiger partial charge in [0.05, 0.1) is 6.04 Å². The van der Waals surface area contributed by atoms with E-state index < -0.39 is 0 Å². The predicted molar refractivity (Wildman–Crippen MR) is 92.8 cm³/mol. The number of carbonyl (C=O) groups is 1. The van der Waals surface area contributed by atoms with Crippen molar-refractivity contribution in [1.29, 1.82) is 0 Å². The molecule has 5 heteroatoms. The van der Waals surface area contributed by atoms with Gasteiger partial charge in [0.2, 0.25) is 5.91 Å². The molecule has 0 radical (unpaired) electrons. The Morgan fingerprint density at radius 2 is 2.04 bits per heavy atom. The quantitative estimate of drug-likeness (QED) is 0.920. The van der Waals surface area contributed by atoms with Gasteiger partial charge in [-0.1, -0.05) is 18.6 Å². The topological polar surface area (TPSA) is 49.6 Å². The fourth-order valence-electron chi connectivity index (χ4n) is 4.10. The summed E-state index contributed by atoms with van der Waals surface area (Å²) >= 11 is 0. The molecule has 0 bridgehead atoms. The van der Waals surface area contributed by atoms with Crippen LogP contribution in [0.2, 0.25) is 0 Å². The maximum absolute atomic E-state index is 13.1. The molecule has 4 nitrogen and oxygen atoms in total. The molecule has 132 valence electrons. The molecule has 2 heterocycles. The first kappa shape index (κ1) is 17.4. The summed E-state index contributed by atoms with van der Waals surface area (Å²) in [7, 11) is 0. The maximum Gasteiger partial charge on any atom is 0.240 e. The molecule has 1 aromatic carbocycles. The number of carbonyl (C=O) groups excluding carboxylic acids is 1. The van der Waals surface area contributed by atoms with Crippen molar-refractivity contribution in [3.63, 3.8) is 0 Å². The van der Waals surface area contributed by atoms with E-state index in [1.54, 1.807) is 0 Å². The average Bonchev–Trinajstić information content (AvgIpc) is 2.98. The maximum atomic E-state index is 13.1. The highest BCUT2D eigenvalue weighted by Gasteiger charge is 2.38. The SMILES string of the molecule is CC1CC(CN)CN1C(=O)C1CCCCN1Cc1ccc(F)cc1. The minimum Gasteiger partial charge on any atom is -0.338 e. The van der Waals surface area contributed by atoms with Crippen molar-refractivity contribution in [2.45, 2.75) is 51.2 Å². The van der Waals surface area contributed by atoms with Crippen molar-refractivity contribution < 1.29 is 9.18 Å². The van der Waals surface area contributed by atoms with Crippen LogP contribution in [0.3, 0.4) is 0 Å². The van der Waals surface area contributed by atoms with Gasteiger partial charge in [-0.2, -0.15) is 0 Å². The third-order valence-corrected chi connectivity index (χ3v) is 5.48. The molecule has 0 saturated carbocycles. The lowest BCUT2D eigenvalue weighted by Gasteiger charge is -2.38. The highest BCUT2D eigenvalue weighted by Crippen LogP contribution is 2.27. The third kappa shape index (κ3) is 3.78. The van der Waals surface area contributed by atoms with E-state index in [1.165, 1.54) is 12.1 Å². The van der Waals surface area contributed by atoms with Gasteiger partial charge in [-0.3, -0.25) is 9.69 Å². The first-order valence-corrected chi connectivity index (χ1v) is 9.07. The number of benzene rings is 1. The van der Waals surface area contributed by atoms with E-state index >= 15 is 0 Å². The molecular weight excluding hydrogens is 305 g/mol. The standard InChI is InChI=1S/C19H28FN3O/c1-14-10-16(11-21)13-23(14)19(24)18-4-2-3-9-22(18)12-15-5-7-17(20)8-6-15/h5-8,14,16,18H,2-4,9-13,21H2,1H3. The summed E-state index contributed by atoms with van der Waals surface area (Å²) in [6.07, 6.45) is 4.13. The molecule has 0 aliphatic carbocycles. The number of likely N-dealkylation sites (tertiary alicyclic amines) is 2. The second kappa shape index (κ2) is 7.62. The highest BCUT2D eigenvalue weighted by molar-refractivity contribution is 5.82. The molecule has 3 rings (SSSR count). The van der Waals surface area contributed by atoms with E-state index in [0.29, 0.717) is 19.0 Å². The highest BCUT2D eigenvalue weighted by atomic mass is 19.1. The van der Waals surface area contributed by atoms with Gasteiger partial charge in [0, 0.05) is 19.1 Å². The number of piperidine rings is 1. The molecule has 3 unspecified atom stereocenters. The Morgan fingerprint density at radius 3 is 2.71 bits per heavy atom. The first-order chi connectivity index (χ1) is 11.6. The Balaban J connectivity index is 1.69. The van der Waals surface area contributed by atoms with Crippen molar-refractivity contribution in [3.05, 3.63) is 35.6 Å². The van der Waals surface area contributed by atoms with Gasteiger partial charge in [-0.15, -0.1) is 0 Å². The van der Waals surface area contributed by atoms with Crippen LogP contribution in [0.5, 0.6) is 0 Å². The van der Waals surface area contributed by atoms with Gasteiger partial charge in [0.25, 0.3) is 0 Å². The summed E-state index contributed by atoms with van der Waals surface area (Å²) in [4.78, 5) is 17.4. The molecule has 2 saturated heterocycles. The molecule has 1 aromatic rings. The zero-order chi connectivity index (χ0) is 17.1. The number of hydrogen-bond donors (Lipinski definition) is 1. The van der Waals surface area contributed by atoms with Crippen molar-refractivity contribution >= 4 is 5.91 Å². The van der Waals surface area contributed by atoms with Gasteiger partial charge in [-0.05, 0) is 62.9 Å². The average molecular weight is 333 g/mol. The summed E-state index contributed by atoms with van der Waals surface area (Å²) < 4.78 is 13.1. The second-order valence-corrected chi connectivity index (χ2v) is 7.29. The second-order valence-electron chi connectivity index (χ2n) is 7.29. The molecule has 2 aliphatic heterocycles. The zero-order valence-electron chi connectivity index (χ0n) is 14.5. The lowest BCUT2D eigenvalue weighted by Crippen LogP contribution is -2.51. The van der Waals surface area contributed by atoms with Crippen LogP contribution in [0.25, 0.3) is 0 Å². The van der Waals surface area contributed by atoms with Crippen molar-refractivity contribution in [1.82, 2.24) is 9.80 Å². The van der Waals surface area contributed by atoms with Gasteiger partial charge in [-0.25, -0.2) is 4.39 Å². The normalized spacial score (nSPS) is 28.3. The molecule has 1 amide bonds. The van der Waals surface area contributed by atoms with Gasteiger partial charge in [0.1, 0.15) is 5.82 Å². The number of halogens is 1. The van der Waals surface area contributed by atoms with E-state index in [2.05, 4.69) is 11.8 Å². The number of amides is 1. The summed E-state index contributed by atoms with van der Waals surface area (Å²) in [5.41, 5.74) is 6.86. The van der Waals surface area contributed by atoms with Gasteiger partial charge < -0.3 is 10.6 Å². The Bertz CT molecular complexity index is 562. The Hall–Kier alpha value is -1.46. The molecule has 2 N–H and O–H groups in total. The summed E-state index contributed by atoms with van der Waals surface area (Å²) in [6, 6.07) is 6.83. The van der Waals surface area contributed by atoms with Crippen LogP contribution in [-0.2, 0) is 11.3 Å². The van der Waals surface area contributed by atoms with E-state index in [0.717, 1.165) is 44.3 Å². The van der Waals surface area contributed by atoms with Crippen molar-refractivity contribution in [2.24, 2.45) is 11.7 Å². The van der Waals surface area contributed by atoms with Crippen LogP contribution in [-0.4, -0.2) is 47.4 Å². The molecule has 2 fully saturated rings. The zero-order valence-corrected chi connectivity index (χ0v) is 14.5.